The van der Waals surface area contributed by atoms with Crippen LogP contribution in [0.2, 0.25) is 0 Å². The van der Waals surface area contributed by atoms with Gasteiger partial charge in [0.2, 0.25) is 0 Å². The van der Waals surface area contributed by atoms with Crippen LogP contribution in [0.1, 0.15) is 11.1 Å². The predicted octanol–water partition coefficient (Wildman–Crippen LogP) is 2.88. The van der Waals surface area contributed by atoms with E-state index in [0.29, 0.717) is 0 Å². The number of aromatic nitrogens is 1. The Balaban J connectivity index is 2.16. The normalized spacial score (nSPS) is 10.1. The summed E-state index contributed by atoms with van der Waals surface area (Å²) in [6.07, 6.45) is 1.47. The highest BCUT2D eigenvalue weighted by molar-refractivity contribution is 5.40. The average Bonchev–Trinajstić information content (AvgIpc) is 2.38. The molecule has 0 aliphatic carbocycles. The van der Waals surface area contributed by atoms with E-state index in [9.17, 15) is 10.1 Å². The van der Waals surface area contributed by atoms with Crippen LogP contribution in [0.4, 0.5) is 5.69 Å². The Morgan fingerprint density at radius 1 is 1.28 bits per heavy atom. The molecular weight excluding hydrogens is 232 g/mol. The minimum atomic E-state index is -0.500. The maximum atomic E-state index is 10.8. The lowest BCUT2D eigenvalue weighted by Crippen LogP contribution is -2.02. The first-order valence-electron chi connectivity index (χ1n) is 5.45. The van der Waals surface area contributed by atoms with Crippen molar-refractivity contribution >= 4 is 5.69 Å². The largest absolute Gasteiger partial charge is 0.468 e. The third-order valence-electron chi connectivity index (χ3n) is 2.57. The number of aryl methyl sites for hydroxylation is 1. The Hall–Kier alpha value is -2.43. The Morgan fingerprint density at radius 3 is 2.78 bits per heavy atom. The first kappa shape index (κ1) is 12.0. The molecule has 0 N–H and O–H groups in total. The van der Waals surface area contributed by atoms with Gasteiger partial charge in [0.15, 0.2) is 0 Å². The lowest BCUT2D eigenvalue weighted by atomic mass is 10.1. The first-order chi connectivity index (χ1) is 8.68. The van der Waals surface area contributed by atoms with Gasteiger partial charge in [0, 0.05) is 12.3 Å². The Morgan fingerprint density at radius 2 is 2.06 bits per heavy atom. The van der Waals surface area contributed by atoms with E-state index in [1.807, 2.05) is 31.2 Å². The van der Waals surface area contributed by atoms with Gasteiger partial charge < -0.3 is 4.74 Å². The maximum absolute atomic E-state index is 10.8. The average molecular weight is 244 g/mol. The summed E-state index contributed by atoms with van der Waals surface area (Å²) in [6.45, 7) is 2.23. The van der Waals surface area contributed by atoms with Gasteiger partial charge >= 0.3 is 5.69 Å². The molecule has 92 valence electrons. The molecule has 0 unspecified atom stereocenters. The van der Waals surface area contributed by atoms with Gasteiger partial charge in [-0.3, -0.25) is 10.1 Å². The summed E-state index contributed by atoms with van der Waals surface area (Å²) in [4.78, 5) is 14.2. The minimum absolute atomic E-state index is 0.0470. The fourth-order valence-corrected chi connectivity index (χ4v) is 1.55. The zero-order valence-corrected chi connectivity index (χ0v) is 9.87. The van der Waals surface area contributed by atoms with E-state index in [0.717, 1.165) is 11.1 Å². The van der Waals surface area contributed by atoms with E-state index >= 15 is 0 Å². The summed E-state index contributed by atoms with van der Waals surface area (Å²) in [5, 5.41) is 10.8. The molecule has 0 aliphatic rings. The number of nitro groups is 1. The smallest absolute Gasteiger partial charge is 0.330 e. The molecule has 1 aromatic heterocycles. The monoisotopic (exact) mass is 244 g/mol. The SMILES string of the molecule is Cc1ccccc1COc1ncccc1[N+](=O)[O-]. The van der Waals surface area contributed by atoms with E-state index in [4.69, 9.17) is 4.74 Å². The summed E-state index contributed by atoms with van der Waals surface area (Å²) in [7, 11) is 0. The first-order valence-corrected chi connectivity index (χ1v) is 5.45. The van der Waals surface area contributed by atoms with Crippen molar-refractivity contribution in [3.8, 4) is 5.88 Å². The summed E-state index contributed by atoms with van der Waals surface area (Å²) in [5.41, 5.74) is 1.94. The van der Waals surface area contributed by atoms with Crippen LogP contribution in [0.25, 0.3) is 0 Å². The minimum Gasteiger partial charge on any atom is -0.468 e. The quantitative estimate of drug-likeness (QED) is 0.612. The number of hydrogen-bond donors (Lipinski definition) is 0. The van der Waals surface area contributed by atoms with E-state index in [1.54, 1.807) is 0 Å². The van der Waals surface area contributed by atoms with Crippen LogP contribution >= 0.6 is 0 Å². The van der Waals surface area contributed by atoms with Crippen molar-refractivity contribution in [1.82, 2.24) is 4.98 Å². The van der Waals surface area contributed by atoms with Crippen molar-refractivity contribution in [2.45, 2.75) is 13.5 Å². The van der Waals surface area contributed by atoms with E-state index in [-0.39, 0.29) is 18.2 Å². The number of hydrogen-bond acceptors (Lipinski definition) is 4. The molecule has 0 fully saturated rings. The standard InChI is InChI=1S/C13H12N2O3/c1-10-5-2-3-6-11(10)9-18-13-12(15(16)17)7-4-8-14-13/h2-8H,9H2,1H3. The van der Waals surface area contributed by atoms with Crippen molar-refractivity contribution in [2.75, 3.05) is 0 Å². The van der Waals surface area contributed by atoms with Gasteiger partial charge in [0.05, 0.1) is 4.92 Å². The second-order valence-corrected chi connectivity index (χ2v) is 3.80. The number of rotatable bonds is 4. The molecule has 5 nitrogen and oxygen atoms in total. The molecule has 0 bridgehead atoms. The molecule has 0 amide bonds. The van der Waals surface area contributed by atoms with Crippen molar-refractivity contribution < 1.29 is 9.66 Å². The van der Waals surface area contributed by atoms with Gasteiger partial charge in [-0.05, 0) is 24.1 Å². The van der Waals surface area contributed by atoms with E-state index < -0.39 is 4.92 Å². The Kier molecular flexibility index (Phi) is 3.52. The topological polar surface area (TPSA) is 65.3 Å². The van der Waals surface area contributed by atoms with Gasteiger partial charge in [-0.15, -0.1) is 0 Å². The fourth-order valence-electron chi connectivity index (χ4n) is 1.55. The van der Waals surface area contributed by atoms with Crippen LogP contribution in [-0.4, -0.2) is 9.91 Å². The molecule has 1 aromatic carbocycles. The zero-order chi connectivity index (χ0) is 13.0. The predicted molar refractivity (Wildman–Crippen MR) is 66.4 cm³/mol. The van der Waals surface area contributed by atoms with Crippen LogP contribution in [-0.2, 0) is 6.61 Å². The van der Waals surface area contributed by atoms with Crippen LogP contribution in [0.15, 0.2) is 42.6 Å². The Labute approximate surface area is 104 Å². The molecule has 2 rings (SSSR count). The van der Waals surface area contributed by atoms with Crippen molar-refractivity contribution in [1.29, 1.82) is 0 Å². The summed E-state index contributed by atoms with van der Waals surface area (Å²) in [5.74, 6) is 0.0470. The van der Waals surface area contributed by atoms with Gasteiger partial charge in [0.25, 0.3) is 5.88 Å². The molecule has 2 aromatic rings. The number of pyridine rings is 1. The highest BCUT2D eigenvalue weighted by Gasteiger charge is 2.15. The molecular formula is C13H12N2O3. The van der Waals surface area contributed by atoms with E-state index in [2.05, 4.69) is 4.98 Å². The highest BCUT2D eigenvalue weighted by atomic mass is 16.6. The van der Waals surface area contributed by atoms with Gasteiger partial charge in [-0.25, -0.2) is 4.98 Å². The maximum Gasteiger partial charge on any atom is 0.330 e. The van der Waals surface area contributed by atoms with Crippen molar-refractivity contribution in [3.05, 3.63) is 63.8 Å². The summed E-state index contributed by atoms with van der Waals surface area (Å²) >= 11 is 0. The molecule has 1 heterocycles. The van der Waals surface area contributed by atoms with Crippen LogP contribution in [0.3, 0.4) is 0 Å². The van der Waals surface area contributed by atoms with Gasteiger partial charge in [-0.2, -0.15) is 0 Å². The summed E-state index contributed by atoms with van der Waals surface area (Å²) < 4.78 is 5.41. The molecule has 0 aliphatic heterocycles. The fraction of sp³-hybridized carbons (Fsp3) is 0.154. The molecule has 5 heteroatoms. The van der Waals surface area contributed by atoms with Crippen LogP contribution in [0, 0.1) is 17.0 Å². The van der Waals surface area contributed by atoms with Crippen LogP contribution in [0.5, 0.6) is 5.88 Å². The highest BCUT2D eigenvalue weighted by Crippen LogP contribution is 2.24. The molecule has 0 saturated carbocycles. The second kappa shape index (κ2) is 5.27. The third kappa shape index (κ3) is 2.63. The Bertz CT molecular complexity index is 570. The third-order valence-corrected chi connectivity index (χ3v) is 2.57. The molecule has 0 atom stereocenters. The second-order valence-electron chi connectivity index (χ2n) is 3.80. The molecule has 18 heavy (non-hydrogen) atoms. The lowest BCUT2D eigenvalue weighted by Gasteiger charge is -2.07. The summed E-state index contributed by atoms with van der Waals surface area (Å²) in [6, 6.07) is 10.6. The van der Waals surface area contributed by atoms with Crippen LogP contribution < -0.4 is 4.74 Å². The molecule has 0 radical (unpaired) electrons. The van der Waals surface area contributed by atoms with E-state index in [1.165, 1.54) is 18.3 Å². The van der Waals surface area contributed by atoms with Crippen molar-refractivity contribution in [2.24, 2.45) is 0 Å². The van der Waals surface area contributed by atoms with Crippen molar-refractivity contribution in [3.63, 3.8) is 0 Å². The molecule has 0 saturated heterocycles. The lowest BCUT2D eigenvalue weighted by molar-refractivity contribution is -0.386. The van der Waals surface area contributed by atoms with Gasteiger partial charge in [0.1, 0.15) is 6.61 Å². The molecule has 0 spiro atoms. The number of nitrogens with zero attached hydrogens (tertiary/aromatic N) is 2. The number of ether oxygens (including phenoxy) is 1. The zero-order valence-electron chi connectivity index (χ0n) is 9.87. The number of benzene rings is 1. The van der Waals surface area contributed by atoms with Gasteiger partial charge in [-0.1, -0.05) is 24.3 Å².